The minimum Gasteiger partial charge on any atom is -0.350 e. The largest absolute Gasteiger partial charge is 0.350 e. The lowest BCUT2D eigenvalue weighted by atomic mass is 10.0. The van der Waals surface area contributed by atoms with Gasteiger partial charge in [-0.2, -0.15) is 0 Å². The number of likely N-dealkylation sites (N-methyl/N-ethyl adjacent to an activating group) is 1. The van der Waals surface area contributed by atoms with Crippen LogP contribution in [0.5, 0.6) is 0 Å². The Morgan fingerprint density at radius 1 is 1.09 bits per heavy atom. The Morgan fingerprint density at radius 2 is 1.70 bits per heavy atom. The molecule has 1 N–H and O–H groups in total. The molecule has 0 saturated heterocycles. The van der Waals surface area contributed by atoms with Crippen LogP contribution in [0.1, 0.15) is 22.0 Å². The van der Waals surface area contributed by atoms with Gasteiger partial charge in [-0.05, 0) is 44.4 Å². The topological polar surface area (TPSA) is 32.3 Å². The lowest BCUT2D eigenvalue weighted by Crippen LogP contribution is -2.35. The summed E-state index contributed by atoms with van der Waals surface area (Å²) >= 11 is 0. The summed E-state index contributed by atoms with van der Waals surface area (Å²) < 4.78 is 41.0. The summed E-state index contributed by atoms with van der Waals surface area (Å²) in [5.74, 6) is -2.39. The number of rotatable bonds is 5. The molecule has 0 aliphatic rings. The van der Waals surface area contributed by atoms with E-state index in [1.165, 1.54) is 36.4 Å². The molecule has 2 rings (SSSR count). The van der Waals surface area contributed by atoms with E-state index in [0.29, 0.717) is 0 Å². The van der Waals surface area contributed by atoms with Crippen molar-refractivity contribution in [2.24, 2.45) is 0 Å². The first-order valence-electron chi connectivity index (χ1n) is 7.04. The van der Waals surface area contributed by atoms with Crippen molar-refractivity contribution in [3.8, 4) is 0 Å². The molecule has 1 atom stereocenters. The Hall–Kier alpha value is -2.34. The highest BCUT2D eigenvalue weighted by Gasteiger charge is 2.23. The molecule has 0 aliphatic heterocycles. The van der Waals surface area contributed by atoms with E-state index in [2.05, 4.69) is 5.32 Å². The normalized spacial score (nSPS) is 12.3. The standard InChI is InChI=1S/C17H17F3N2O/c1-22(2)15(16-13(19)7-4-8-14(16)20)10-21-17(23)11-5-3-6-12(18)9-11/h3-9,15H,10H2,1-2H3,(H,21,23). The lowest BCUT2D eigenvalue weighted by molar-refractivity contribution is 0.0940. The summed E-state index contributed by atoms with van der Waals surface area (Å²) in [6.45, 7) is -0.0137. The molecule has 0 fully saturated rings. The van der Waals surface area contributed by atoms with Gasteiger partial charge in [-0.1, -0.05) is 12.1 Å². The van der Waals surface area contributed by atoms with Crippen LogP contribution in [0.4, 0.5) is 13.2 Å². The molecular formula is C17H17F3N2O. The zero-order chi connectivity index (χ0) is 17.0. The average molecular weight is 322 g/mol. The lowest BCUT2D eigenvalue weighted by Gasteiger charge is -2.25. The third-order valence-corrected chi connectivity index (χ3v) is 3.50. The van der Waals surface area contributed by atoms with Crippen LogP contribution >= 0.6 is 0 Å². The molecule has 2 aromatic rings. The summed E-state index contributed by atoms with van der Waals surface area (Å²) in [5, 5.41) is 2.58. The van der Waals surface area contributed by atoms with Crippen molar-refractivity contribution in [2.45, 2.75) is 6.04 Å². The van der Waals surface area contributed by atoms with Crippen LogP contribution in [-0.2, 0) is 0 Å². The highest BCUT2D eigenvalue weighted by Crippen LogP contribution is 2.24. The van der Waals surface area contributed by atoms with E-state index < -0.39 is 29.4 Å². The molecule has 23 heavy (non-hydrogen) atoms. The summed E-state index contributed by atoms with van der Waals surface area (Å²) in [4.78, 5) is 13.6. The fraction of sp³-hybridized carbons (Fsp3) is 0.235. The van der Waals surface area contributed by atoms with Crippen LogP contribution in [-0.4, -0.2) is 31.4 Å². The van der Waals surface area contributed by atoms with E-state index in [0.717, 1.165) is 6.07 Å². The number of nitrogens with zero attached hydrogens (tertiary/aromatic N) is 1. The van der Waals surface area contributed by atoms with E-state index in [1.807, 2.05) is 0 Å². The number of nitrogens with one attached hydrogen (secondary N) is 1. The second-order valence-electron chi connectivity index (χ2n) is 5.34. The third-order valence-electron chi connectivity index (χ3n) is 3.50. The van der Waals surface area contributed by atoms with Gasteiger partial charge in [0.2, 0.25) is 0 Å². The maximum Gasteiger partial charge on any atom is 0.251 e. The van der Waals surface area contributed by atoms with Crippen LogP contribution in [0.15, 0.2) is 42.5 Å². The predicted octanol–water partition coefficient (Wildman–Crippen LogP) is 3.14. The van der Waals surface area contributed by atoms with Crippen molar-refractivity contribution in [3.05, 3.63) is 71.0 Å². The Morgan fingerprint density at radius 3 is 2.26 bits per heavy atom. The van der Waals surface area contributed by atoms with Crippen molar-refractivity contribution in [3.63, 3.8) is 0 Å². The average Bonchev–Trinajstić information content (AvgIpc) is 2.49. The minimum atomic E-state index is -0.686. The SMILES string of the molecule is CN(C)C(CNC(=O)c1cccc(F)c1)c1c(F)cccc1F. The monoisotopic (exact) mass is 322 g/mol. The molecule has 0 radical (unpaired) electrons. The first kappa shape index (κ1) is 17.0. The fourth-order valence-electron chi connectivity index (χ4n) is 2.29. The van der Waals surface area contributed by atoms with E-state index in [4.69, 9.17) is 0 Å². The number of hydrogen-bond acceptors (Lipinski definition) is 2. The van der Waals surface area contributed by atoms with Crippen LogP contribution in [0.2, 0.25) is 0 Å². The number of benzene rings is 2. The molecule has 0 saturated carbocycles. The number of carbonyl (C=O) groups excluding carboxylic acids is 1. The number of carbonyl (C=O) groups is 1. The second-order valence-corrected chi connectivity index (χ2v) is 5.34. The molecule has 0 bridgehead atoms. The number of halogens is 3. The molecule has 1 unspecified atom stereocenters. The van der Waals surface area contributed by atoms with Crippen LogP contribution < -0.4 is 5.32 Å². The highest BCUT2D eigenvalue weighted by atomic mass is 19.1. The Balaban J connectivity index is 2.16. The summed E-state index contributed by atoms with van der Waals surface area (Å²) in [6, 6.07) is 8.15. The van der Waals surface area contributed by atoms with Gasteiger partial charge >= 0.3 is 0 Å². The van der Waals surface area contributed by atoms with Crippen molar-refractivity contribution < 1.29 is 18.0 Å². The molecule has 6 heteroatoms. The van der Waals surface area contributed by atoms with Crippen molar-refractivity contribution >= 4 is 5.91 Å². The van der Waals surface area contributed by atoms with Crippen LogP contribution in [0.25, 0.3) is 0 Å². The maximum absolute atomic E-state index is 13.9. The van der Waals surface area contributed by atoms with Gasteiger partial charge < -0.3 is 10.2 Å². The first-order chi connectivity index (χ1) is 10.9. The molecule has 0 aliphatic carbocycles. The minimum absolute atomic E-state index is 0.0137. The van der Waals surface area contributed by atoms with Gasteiger partial charge in [0.15, 0.2) is 0 Å². The molecule has 0 spiro atoms. The summed E-state index contributed by atoms with van der Waals surface area (Å²) in [7, 11) is 3.32. The zero-order valence-corrected chi connectivity index (χ0v) is 12.8. The first-order valence-corrected chi connectivity index (χ1v) is 7.04. The second kappa shape index (κ2) is 7.28. The molecular weight excluding hydrogens is 305 g/mol. The molecule has 1 amide bonds. The highest BCUT2D eigenvalue weighted by molar-refractivity contribution is 5.94. The fourth-order valence-corrected chi connectivity index (χ4v) is 2.29. The molecule has 2 aromatic carbocycles. The van der Waals surface area contributed by atoms with E-state index >= 15 is 0 Å². The van der Waals surface area contributed by atoms with E-state index in [-0.39, 0.29) is 17.7 Å². The quantitative estimate of drug-likeness (QED) is 0.917. The van der Waals surface area contributed by atoms with Gasteiger partial charge in [-0.25, -0.2) is 13.2 Å². The van der Waals surface area contributed by atoms with Gasteiger partial charge in [0.1, 0.15) is 17.5 Å². The smallest absolute Gasteiger partial charge is 0.251 e. The van der Waals surface area contributed by atoms with Gasteiger partial charge in [-0.3, -0.25) is 4.79 Å². The van der Waals surface area contributed by atoms with Gasteiger partial charge in [-0.15, -0.1) is 0 Å². The molecule has 0 heterocycles. The van der Waals surface area contributed by atoms with Crippen LogP contribution in [0, 0.1) is 17.5 Å². The Kier molecular flexibility index (Phi) is 5.39. The van der Waals surface area contributed by atoms with Gasteiger partial charge in [0.25, 0.3) is 5.91 Å². The van der Waals surface area contributed by atoms with Crippen LogP contribution in [0.3, 0.4) is 0 Å². The van der Waals surface area contributed by atoms with Crippen molar-refractivity contribution in [1.29, 1.82) is 0 Å². The van der Waals surface area contributed by atoms with Gasteiger partial charge in [0, 0.05) is 17.7 Å². The van der Waals surface area contributed by atoms with E-state index in [9.17, 15) is 18.0 Å². The number of amides is 1. The predicted molar refractivity (Wildman–Crippen MR) is 81.5 cm³/mol. The molecule has 0 aromatic heterocycles. The Bertz CT molecular complexity index is 684. The summed E-state index contributed by atoms with van der Waals surface area (Å²) in [6.07, 6.45) is 0. The molecule has 3 nitrogen and oxygen atoms in total. The van der Waals surface area contributed by atoms with Crippen molar-refractivity contribution in [1.82, 2.24) is 10.2 Å². The Labute approximate surface area is 132 Å². The third kappa shape index (κ3) is 4.10. The maximum atomic E-state index is 13.9. The number of hydrogen-bond donors (Lipinski definition) is 1. The summed E-state index contributed by atoms with van der Waals surface area (Å²) in [5.41, 5.74) is 0.0357. The van der Waals surface area contributed by atoms with Gasteiger partial charge in [0.05, 0.1) is 6.04 Å². The zero-order valence-electron chi connectivity index (χ0n) is 12.8. The van der Waals surface area contributed by atoms with E-state index in [1.54, 1.807) is 19.0 Å². The molecule has 122 valence electrons. The van der Waals surface area contributed by atoms with Crippen molar-refractivity contribution in [2.75, 3.05) is 20.6 Å².